The molecule has 31 heavy (non-hydrogen) atoms. The predicted octanol–water partition coefficient (Wildman–Crippen LogP) is 5.28. The Balaban J connectivity index is 2.01. The Hall–Kier alpha value is -2.38. The van der Waals surface area contributed by atoms with Gasteiger partial charge in [-0.05, 0) is 48.2 Å². The molecule has 0 radical (unpaired) electrons. The van der Waals surface area contributed by atoms with Gasteiger partial charge in [-0.3, -0.25) is 14.2 Å². The monoisotopic (exact) mass is 461 g/mol. The van der Waals surface area contributed by atoms with E-state index >= 15 is 0 Å². The molecule has 0 saturated heterocycles. The number of hydrogen-bond donors (Lipinski definition) is 1. The van der Waals surface area contributed by atoms with E-state index in [4.69, 9.17) is 16.6 Å². The van der Waals surface area contributed by atoms with E-state index in [-0.39, 0.29) is 17.4 Å². The minimum Gasteiger partial charge on any atom is -0.352 e. The largest absolute Gasteiger partial charge is 0.352 e. The molecule has 3 aromatic rings. The van der Waals surface area contributed by atoms with Crippen molar-refractivity contribution in [2.75, 3.05) is 6.54 Å². The quantitative estimate of drug-likeness (QED) is 0.366. The molecule has 1 N–H and O–H groups in total. The molecule has 164 valence electrons. The van der Waals surface area contributed by atoms with Crippen molar-refractivity contribution in [1.82, 2.24) is 14.9 Å². The number of nitrogens with zero attached hydrogens (tertiary/aromatic N) is 2. The molecule has 8 heteroatoms. The van der Waals surface area contributed by atoms with Gasteiger partial charge < -0.3 is 5.32 Å². The second kappa shape index (κ2) is 10.3. The molecule has 0 saturated carbocycles. The lowest BCUT2D eigenvalue weighted by Crippen LogP contribution is -2.26. The SMILES string of the molecule is CCCNC(=O)c1ccc2c(=O)n(CC(C)C)c(SCc3ccc(F)cc3Cl)nc2c1. The minimum absolute atomic E-state index is 0.146. The fourth-order valence-electron chi connectivity index (χ4n) is 3.10. The number of amides is 1. The maximum atomic E-state index is 13.3. The highest BCUT2D eigenvalue weighted by Gasteiger charge is 2.15. The summed E-state index contributed by atoms with van der Waals surface area (Å²) in [5.74, 6) is 0.0911. The summed E-state index contributed by atoms with van der Waals surface area (Å²) in [6, 6.07) is 9.23. The van der Waals surface area contributed by atoms with E-state index in [1.165, 1.54) is 23.9 Å². The van der Waals surface area contributed by atoms with Gasteiger partial charge in [0.05, 0.1) is 10.9 Å². The van der Waals surface area contributed by atoms with Crippen molar-refractivity contribution in [2.24, 2.45) is 5.92 Å². The molecule has 5 nitrogen and oxygen atoms in total. The van der Waals surface area contributed by atoms with E-state index in [1.807, 2.05) is 20.8 Å². The summed E-state index contributed by atoms with van der Waals surface area (Å²) in [7, 11) is 0. The second-order valence-electron chi connectivity index (χ2n) is 7.72. The third-order valence-electron chi connectivity index (χ3n) is 4.64. The topological polar surface area (TPSA) is 64.0 Å². The van der Waals surface area contributed by atoms with E-state index in [0.29, 0.717) is 45.5 Å². The van der Waals surface area contributed by atoms with Crippen LogP contribution >= 0.6 is 23.4 Å². The highest BCUT2D eigenvalue weighted by atomic mass is 35.5. The number of halogens is 2. The van der Waals surface area contributed by atoms with Gasteiger partial charge in [0.25, 0.3) is 11.5 Å². The lowest BCUT2D eigenvalue weighted by Gasteiger charge is -2.15. The van der Waals surface area contributed by atoms with Crippen LogP contribution in [0.15, 0.2) is 46.3 Å². The summed E-state index contributed by atoms with van der Waals surface area (Å²) in [5, 5.41) is 4.18. The average Bonchev–Trinajstić information content (AvgIpc) is 2.73. The summed E-state index contributed by atoms with van der Waals surface area (Å²) >= 11 is 7.52. The normalized spacial score (nSPS) is 11.3. The summed E-state index contributed by atoms with van der Waals surface area (Å²) < 4.78 is 15.0. The zero-order valence-electron chi connectivity index (χ0n) is 17.7. The van der Waals surface area contributed by atoms with E-state index < -0.39 is 5.82 Å². The minimum atomic E-state index is -0.395. The molecular formula is C23H25ClFN3O2S. The number of thioether (sulfide) groups is 1. The van der Waals surface area contributed by atoms with Gasteiger partial charge in [-0.1, -0.05) is 50.2 Å². The van der Waals surface area contributed by atoms with Gasteiger partial charge in [-0.25, -0.2) is 9.37 Å². The van der Waals surface area contributed by atoms with Crippen molar-refractivity contribution in [3.8, 4) is 0 Å². The summed E-state index contributed by atoms with van der Waals surface area (Å²) in [6.45, 7) is 7.14. The summed E-state index contributed by atoms with van der Waals surface area (Å²) in [5.41, 5.74) is 1.55. The van der Waals surface area contributed by atoms with Crippen LogP contribution in [0.5, 0.6) is 0 Å². The third kappa shape index (κ3) is 5.66. The Kier molecular flexibility index (Phi) is 7.73. The zero-order chi connectivity index (χ0) is 22.5. The van der Waals surface area contributed by atoms with Crippen LogP contribution in [-0.2, 0) is 12.3 Å². The van der Waals surface area contributed by atoms with Crippen LogP contribution in [0.3, 0.4) is 0 Å². The molecule has 3 rings (SSSR count). The maximum absolute atomic E-state index is 13.3. The summed E-state index contributed by atoms with van der Waals surface area (Å²) in [4.78, 5) is 30.2. The van der Waals surface area contributed by atoms with Gasteiger partial charge in [0.1, 0.15) is 5.82 Å². The smallest absolute Gasteiger partial charge is 0.262 e. The number of hydrogen-bond acceptors (Lipinski definition) is 4. The van der Waals surface area contributed by atoms with Crippen LogP contribution in [0.4, 0.5) is 4.39 Å². The zero-order valence-corrected chi connectivity index (χ0v) is 19.3. The lowest BCUT2D eigenvalue weighted by atomic mass is 10.1. The number of benzene rings is 2. The molecule has 0 bridgehead atoms. The first-order valence-electron chi connectivity index (χ1n) is 10.2. The van der Waals surface area contributed by atoms with Crippen LogP contribution in [0.1, 0.15) is 43.1 Å². The van der Waals surface area contributed by atoms with Gasteiger partial charge in [0.15, 0.2) is 5.16 Å². The Morgan fingerprint density at radius 1 is 1.26 bits per heavy atom. The fraction of sp³-hybridized carbons (Fsp3) is 0.348. The van der Waals surface area contributed by atoms with Gasteiger partial charge >= 0.3 is 0 Å². The third-order valence-corrected chi connectivity index (χ3v) is 6.01. The Labute approximate surface area is 190 Å². The first-order valence-corrected chi connectivity index (χ1v) is 11.6. The molecule has 0 unspecified atom stereocenters. The van der Waals surface area contributed by atoms with Gasteiger partial charge in [0.2, 0.25) is 0 Å². The molecule has 0 aliphatic carbocycles. The molecule has 0 aliphatic heterocycles. The van der Waals surface area contributed by atoms with E-state index in [2.05, 4.69) is 5.32 Å². The number of carbonyl (C=O) groups excluding carboxylic acids is 1. The second-order valence-corrected chi connectivity index (χ2v) is 9.07. The molecule has 0 fully saturated rings. The Morgan fingerprint density at radius 3 is 2.71 bits per heavy atom. The van der Waals surface area contributed by atoms with Crippen molar-refractivity contribution in [3.05, 3.63) is 68.7 Å². The summed E-state index contributed by atoms with van der Waals surface area (Å²) in [6.07, 6.45) is 0.838. The average molecular weight is 462 g/mol. The van der Waals surface area contributed by atoms with Crippen molar-refractivity contribution < 1.29 is 9.18 Å². The Bertz CT molecular complexity index is 1160. The van der Waals surface area contributed by atoms with Crippen LogP contribution in [0.2, 0.25) is 5.02 Å². The number of aromatic nitrogens is 2. The molecular weight excluding hydrogens is 437 g/mol. The lowest BCUT2D eigenvalue weighted by molar-refractivity contribution is 0.0954. The first kappa shape index (κ1) is 23.3. The molecule has 1 heterocycles. The molecule has 0 spiro atoms. The molecule has 1 aromatic heterocycles. The Morgan fingerprint density at radius 2 is 2.03 bits per heavy atom. The first-order chi connectivity index (χ1) is 14.8. The molecule has 0 atom stereocenters. The van der Waals surface area contributed by atoms with Gasteiger partial charge in [-0.2, -0.15) is 0 Å². The predicted molar refractivity (Wildman–Crippen MR) is 124 cm³/mol. The number of nitrogens with one attached hydrogen (secondary N) is 1. The van der Waals surface area contributed by atoms with Crippen molar-refractivity contribution in [1.29, 1.82) is 0 Å². The van der Waals surface area contributed by atoms with Crippen molar-refractivity contribution in [2.45, 2.75) is 44.6 Å². The highest BCUT2D eigenvalue weighted by molar-refractivity contribution is 7.98. The van der Waals surface area contributed by atoms with Gasteiger partial charge in [-0.15, -0.1) is 0 Å². The van der Waals surface area contributed by atoms with E-state index in [1.54, 1.807) is 28.8 Å². The van der Waals surface area contributed by atoms with Crippen molar-refractivity contribution >= 4 is 40.2 Å². The van der Waals surface area contributed by atoms with Crippen LogP contribution in [-0.4, -0.2) is 22.0 Å². The maximum Gasteiger partial charge on any atom is 0.262 e. The van der Waals surface area contributed by atoms with E-state index in [0.717, 1.165) is 12.0 Å². The van der Waals surface area contributed by atoms with Gasteiger partial charge in [0, 0.05) is 29.4 Å². The molecule has 1 amide bonds. The van der Waals surface area contributed by atoms with E-state index in [9.17, 15) is 14.0 Å². The molecule has 0 aliphatic rings. The highest BCUT2D eigenvalue weighted by Crippen LogP contribution is 2.27. The standard InChI is InChI=1S/C23H25ClFN3O2S/c1-4-9-26-21(29)15-6-8-18-20(10-15)27-23(28(22(18)30)12-14(2)3)31-13-16-5-7-17(25)11-19(16)24/h5-8,10-11,14H,4,9,12-13H2,1-3H3,(H,26,29). The number of fused-ring (bicyclic) bond motifs is 1. The van der Waals surface area contributed by atoms with Crippen LogP contribution in [0, 0.1) is 11.7 Å². The number of carbonyl (C=O) groups is 1. The van der Waals surface area contributed by atoms with Crippen LogP contribution in [0.25, 0.3) is 10.9 Å². The van der Waals surface area contributed by atoms with Crippen LogP contribution < -0.4 is 10.9 Å². The van der Waals surface area contributed by atoms with Crippen molar-refractivity contribution in [3.63, 3.8) is 0 Å². The number of rotatable bonds is 8. The fourth-order valence-corrected chi connectivity index (χ4v) is 4.43. The molecule has 2 aromatic carbocycles.